The molecule has 1 amide bonds. The Kier molecular flexibility index (Phi) is 6.66. The predicted molar refractivity (Wildman–Crippen MR) is 105 cm³/mol. The fourth-order valence-electron chi connectivity index (χ4n) is 2.27. The molecule has 0 radical (unpaired) electrons. The summed E-state index contributed by atoms with van der Waals surface area (Å²) in [6.45, 7) is 3.90. The zero-order valence-electron chi connectivity index (χ0n) is 14.0. The van der Waals surface area contributed by atoms with E-state index in [1.165, 1.54) is 0 Å². The lowest BCUT2D eigenvalue weighted by Crippen LogP contribution is -2.16. The van der Waals surface area contributed by atoms with Crippen LogP contribution in [-0.2, 0) is 9.59 Å². The third-order valence-electron chi connectivity index (χ3n) is 3.44. The molecule has 0 saturated heterocycles. The average Bonchev–Trinajstić information content (AvgIpc) is 2.51. The van der Waals surface area contributed by atoms with E-state index in [2.05, 4.69) is 37.2 Å². The Hall–Kier alpha value is -2.06. The molecule has 0 spiro atoms. The Morgan fingerprint density at radius 2 is 1.88 bits per heavy atom. The maximum atomic E-state index is 11.8. The number of benzene rings is 2. The number of rotatable bonds is 6. The number of phenols is 1. The van der Waals surface area contributed by atoms with Crippen molar-refractivity contribution in [3.8, 4) is 17.2 Å². The fraction of sp³-hybridized carbons (Fsp3) is 0.222. The first-order valence-corrected chi connectivity index (χ1v) is 9.27. The normalized spacial score (nSPS) is 10.7. The van der Waals surface area contributed by atoms with Gasteiger partial charge in [0.15, 0.2) is 5.75 Å². The Labute approximate surface area is 167 Å². The van der Waals surface area contributed by atoms with Crippen molar-refractivity contribution in [2.75, 3.05) is 5.32 Å². The summed E-state index contributed by atoms with van der Waals surface area (Å²) in [5, 5.41) is 21.2. The topological polar surface area (TPSA) is 95.9 Å². The van der Waals surface area contributed by atoms with Crippen LogP contribution in [0.5, 0.6) is 17.2 Å². The second-order valence-electron chi connectivity index (χ2n) is 5.86. The highest BCUT2D eigenvalue weighted by atomic mass is 79.9. The van der Waals surface area contributed by atoms with Gasteiger partial charge in [-0.15, -0.1) is 0 Å². The zero-order valence-corrected chi connectivity index (χ0v) is 17.2. The van der Waals surface area contributed by atoms with Crippen LogP contribution in [0, 0.1) is 0 Å². The number of halogens is 2. The van der Waals surface area contributed by atoms with Crippen LogP contribution in [0.4, 0.5) is 5.69 Å². The first-order valence-electron chi connectivity index (χ1n) is 7.68. The van der Waals surface area contributed by atoms with Gasteiger partial charge in [-0.1, -0.05) is 29.8 Å². The fourth-order valence-corrected chi connectivity index (χ4v) is 3.57. The molecule has 8 heteroatoms. The van der Waals surface area contributed by atoms with Gasteiger partial charge in [-0.25, -0.2) is 0 Å². The van der Waals surface area contributed by atoms with Crippen LogP contribution in [0.15, 0.2) is 39.3 Å². The number of hydrogen-bond donors (Lipinski definition) is 3. The summed E-state index contributed by atoms with van der Waals surface area (Å²) >= 11 is 6.71. The molecule has 138 valence electrons. The van der Waals surface area contributed by atoms with Crippen LogP contribution in [0.1, 0.15) is 31.7 Å². The number of hydrogen-bond acceptors (Lipinski definition) is 4. The number of anilines is 1. The van der Waals surface area contributed by atoms with Crippen molar-refractivity contribution in [2.24, 2.45) is 0 Å². The number of amides is 1. The number of carbonyl (C=O) groups excluding carboxylic acids is 1. The van der Waals surface area contributed by atoms with Crippen LogP contribution in [0.2, 0.25) is 0 Å². The Bertz CT molecular complexity index is 852. The van der Waals surface area contributed by atoms with E-state index in [1.807, 2.05) is 13.8 Å². The molecule has 0 aliphatic rings. The van der Waals surface area contributed by atoms with Crippen molar-refractivity contribution in [1.82, 2.24) is 0 Å². The van der Waals surface area contributed by atoms with E-state index in [1.54, 1.807) is 30.3 Å². The van der Waals surface area contributed by atoms with Gasteiger partial charge in [0.1, 0.15) is 17.9 Å². The minimum absolute atomic E-state index is 0.0987. The summed E-state index contributed by atoms with van der Waals surface area (Å²) in [5.74, 6) is -0.811. The maximum absolute atomic E-state index is 11.8. The quantitative estimate of drug-likeness (QED) is 0.485. The summed E-state index contributed by atoms with van der Waals surface area (Å²) < 4.78 is 7.15. The second-order valence-corrected chi connectivity index (χ2v) is 7.63. The van der Waals surface area contributed by atoms with Crippen molar-refractivity contribution in [3.05, 3.63) is 44.8 Å². The van der Waals surface area contributed by atoms with Gasteiger partial charge in [-0.3, -0.25) is 9.59 Å². The molecule has 0 aliphatic heterocycles. The average molecular weight is 487 g/mol. The molecule has 26 heavy (non-hydrogen) atoms. The molecule has 2 aromatic carbocycles. The SMILES string of the molecule is CC(C)c1cc(Oc2c(Br)cc(Br)cc2NC(=O)CC(=O)O)ccc1O. The van der Waals surface area contributed by atoms with Crippen LogP contribution in [0.25, 0.3) is 0 Å². The molecule has 6 nitrogen and oxygen atoms in total. The third kappa shape index (κ3) is 5.22. The van der Waals surface area contributed by atoms with Crippen molar-refractivity contribution in [1.29, 1.82) is 0 Å². The van der Waals surface area contributed by atoms with Crippen molar-refractivity contribution in [3.63, 3.8) is 0 Å². The van der Waals surface area contributed by atoms with Gasteiger partial charge < -0.3 is 20.3 Å². The molecule has 0 atom stereocenters. The molecule has 2 aromatic rings. The predicted octanol–water partition coefficient (Wildman–Crippen LogP) is 5.25. The molecule has 0 saturated carbocycles. The Morgan fingerprint density at radius 1 is 1.19 bits per heavy atom. The number of phenolic OH excluding ortho intramolecular Hbond substituents is 1. The lowest BCUT2D eigenvalue weighted by Gasteiger charge is -2.16. The minimum atomic E-state index is -1.22. The van der Waals surface area contributed by atoms with E-state index in [4.69, 9.17) is 9.84 Å². The first-order chi connectivity index (χ1) is 12.2. The first kappa shape index (κ1) is 20.3. The Morgan fingerprint density at radius 3 is 2.50 bits per heavy atom. The monoisotopic (exact) mass is 485 g/mol. The molecule has 0 fully saturated rings. The van der Waals surface area contributed by atoms with E-state index in [0.717, 1.165) is 5.56 Å². The van der Waals surface area contributed by atoms with Gasteiger partial charge in [-0.05, 0) is 52.2 Å². The number of carboxylic acids is 1. The van der Waals surface area contributed by atoms with E-state index in [0.29, 0.717) is 26.1 Å². The van der Waals surface area contributed by atoms with Gasteiger partial charge in [0.2, 0.25) is 5.91 Å². The van der Waals surface area contributed by atoms with Gasteiger partial charge in [0.25, 0.3) is 0 Å². The number of ether oxygens (including phenoxy) is 1. The minimum Gasteiger partial charge on any atom is -0.508 e. The molecular weight excluding hydrogens is 470 g/mol. The standard InChI is InChI=1S/C18H17Br2NO5/c1-9(2)12-7-11(3-4-15(12)22)26-18-13(20)5-10(19)6-14(18)21-16(23)8-17(24)25/h3-7,9,22H,8H2,1-2H3,(H,21,23)(H,24,25). The molecule has 0 aliphatic carbocycles. The molecule has 2 rings (SSSR count). The molecule has 0 aromatic heterocycles. The third-order valence-corrected chi connectivity index (χ3v) is 4.48. The smallest absolute Gasteiger partial charge is 0.312 e. The number of carboxylic acid groups (broad SMARTS) is 1. The van der Waals surface area contributed by atoms with Gasteiger partial charge in [0, 0.05) is 10.0 Å². The molecular formula is C18H17Br2NO5. The highest BCUT2D eigenvalue weighted by molar-refractivity contribution is 9.11. The largest absolute Gasteiger partial charge is 0.508 e. The number of aromatic hydroxyl groups is 1. The lowest BCUT2D eigenvalue weighted by atomic mass is 10.0. The van der Waals surface area contributed by atoms with Gasteiger partial charge in [0.05, 0.1) is 10.2 Å². The zero-order chi connectivity index (χ0) is 19.4. The maximum Gasteiger partial charge on any atom is 0.312 e. The van der Waals surface area contributed by atoms with E-state index < -0.39 is 18.3 Å². The molecule has 0 heterocycles. The van der Waals surface area contributed by atoms with Crippen molar-refractivity contribution < 1.29 is 24.5 Å². The number of aliphatic carboxylic acids is 1. The summed E-state index contributed by atoms with van der Waals surface area (Å²) in [6, 6.07) is 8.23. The van der Waals surface area contributed by atoms with Crippen LogP contribution in [-0.4, -0.2) is 22.1 Å². The van der Waals surface area contributed by atoms with Gasteiger partial charge >= 0.3 is 5.97 Å². The summed E-state index contributed by atoms with van der Waals surface area (Å²) in [7, 11) is 0. The number of nitrogens with one attached hydrogen (secondary N) is 1. The summed E-state index contributed by atoms with van der Waals surface area (Å²) in [6.07, 6.45) is -0.653. The second kappa shape index (κ2) is 8.55. The lowest BCUT2D eigenvalue weighted by molar-refractivity contribution is -0.139. The van der Waals surface area contributed by atoms with Crippen LogP contribution in [0.3, 0.4) is 0 Å². The van der Waals surface area contributed by atoms with Crippen LogP contribution >= 0.6 is 31.9 Å². The highest BCUT2D eigenvalue weighted by Crippen LogP contribution is 2.40. The molecule has 0 unspecified atom stereocenters. The van der Waals surface area contributed by atoms with Crippen molar-refractivity contribution >= 4 is 49.4 Å². The summed E-state index contributed by atoms with van der Waals surface area (Å²) in [4.78, 5) is 22.5. The van der Waals surface area contributed by atoms with E-state index >= 15 is 0 Å². The summed E-state index contributed by atoms with van der Waals surface area (Å²) in [5.41, 5.74) is 1.05. The number of carbonyl (C=O) groups is 2. The van der Waals surface area contributed by atoms with Crippen molar-refractivity contribution in [2.45, 2.75) is 26.2 Å². The van der Waals surface area contributed by atoms with Crippen LogP contribution < -0.4 is 10.1 Å². The molecule has 3 N–H and O–H groups in total. The van der Waals surface area contributed by atoms with E-state index in [-0.39, 0.29) is 11.7 Å². The molecule has 0 bridgehead atoms. The van der Waals surface area contributed by atoms with Gasteiger partial charge in [-0.2, -0.15) is 0 Å². The highest BCUT2D eigenvalue weighted by Gasteiger charge is 2.17. The van der Waals surface area contributed by atoms with E-state index in [9.17, 15) is 14.7 Å². The Balaban J connectivity index is 2.38.